The van der Waals surface area contributed by atoms with Crippen LogP contribution in [-0.2, 0) is 16.4 Å². The summed E-state index contributed by atoms with van der Waals surface area (Å²) in [7, 11) is -3.69. The third-order valence-electron chi connectivity index (χ3n) is 2.50. The molecule has 0 saturated carbocycles. The highest BCUT2D eigenvalue weighted by molar-refractivity contribution is 7.89. The van der Waals surface area contributed by atoms with Crippen molar-refractivity contribution in [3.8, 4) is 0 Å². The van der Waals surface area contributed by atoms with Gasteiger partial charge in [-0.15, -0.1) is 0 Å². The smallest absolute Gasteiger partial charge is 0.242 e. The molecule has 0 spiro atoms. The van der Waals surface area contributed by atoms with Crippen LogP contribution in [0.1, 0.15) is 5.56 Å². The van der Waals surface area contributed by atoms with Crippen molar-refractivity contribution >= 4 is 33.2 Å². The Morgan fingerprint density at radius 2 is 1.85 bits per heavy atom. The minimum Gasteiger partial charge on any atom is -0.245 e. The Bertz CT molecular complexity index is 693. The molecule has 2 aromatic rings. The third-order valence-corrected chi connectivity index (χ3v) is 4.68. The van der Waals surface area contributed by atoms with Crippen LogP contribution in [0, 0.1) is 0 Å². The van der Waals surface area contributed by atoms with Crippen molar-refractivity contribution in [2.75, 3.05) is 6.54 Å². The second-order valence-corrected chi connectivity index (χ2v) is 6.55. The number of sulfonamides is 1. The van der Waals surface area contributed by atoms with Crippen LogP contribution in [0.3, 0.4) is 0 Å². The number of aromatic nitrogens is 2. The van der Waals surface area contributed by atoms with Gasteiger partial charge in [0, 0.05) is 24.0 Å². The van der Waals surface area contributed by atoms with E-state index in [-0.39, 0.29) is 16.5 Å². The summed E-state index contributed by atoms with van der Waals surface area (Å²) in [6, 6.07) is 4.30. The fourth-order valence-corrected chi connectivity index (χ4v) is 3.34. The lowest BCUT2D eigenvalue weighted by atomic mass is 10.2. The number of rotatable bonds is 5. The summed E-state index contributed by atoms with van der Waals surface area (Å²) in [5.74, 6) is 0. The molecule has 106 valence electrons. The first-order valence-corrected chi connectivity index (χ1v) is 7.91. The van der Waals surface area contributed by atoms with Crippen LogP contribution in [-0.4, -0.2) is 24.9 Å². The third kappa shape index (κ3) is 3.89. The van der Waals surface area contributed by atoms with Crippen molar-refractivity contribution in [2.45, 2.75) is 11.3 Å². The molecular formula is C12H11Cl2N3O2S. The summed E-state index contributed by atoms with van der Waals surface area (Å²) in [6.45, 7) is 0.221. The van der Waals surface area contributed by atoms with E-state index in [9.17, 15) is 8.42 Å². The minimum atomic E-state index is -3.69. The van der Waals surface area contributed by atoms with Gasteiger partial charge in [-0.1, -0.05) is 23.2 Å². The van der Waals surface area contributed by atoms with Crippen LogP contribution >= 0.6 is 23.2 Å². The van der Waals surface area contributed by atoms with Crippen molar-refractivity contribution in [3.63, 3.8) is 0 Å². The summed E-state index contributed by atoms with van der Waals surface area (Å²) in [4.78, 5) is 7.68. The molecule has 0 fully saturated rings. The van der Waals surface area contributed by atoms with Gasteiger partial charge >= 0.3 is 0 Å². The number of hydrogen-bond acceptors (Lipinski definition) is 4. The van der Waals surface area contributed by atoms with Crippen molar-refractivity contribution in [1.82, 2.24) is 14.7 Å². The van der Waals surface area contributed by atoms with Gasteiger partial charge in [0.25, 0.3) is 0 Å². The van der Waals surface area contributed by atoms with Crippen LogP contribution in [0.25, 0.3) is 0 Å². The summed E-state index contributed by atoms with van der Waals surface area (Å²) in [6.07, 6.45) is 5.17. The number of halogens is 2. The fraction of sp³-hybridized carbons (Fsp3) is 0.167. The number of hydrogen-bond donors (Lipinski definition) is 1. The predicted octanol–water partition coefficient (Wildman–Crippen LogP) is 2.30. The molecule has 0 atom stereocenters. The fourth-order valence-electron chi connectivity index (χ4n) is 1.55. The Morgan fingerprint density at radius 1 is 1.15 bits per heavy atom. The van der Waals surface area contributed by atoms with Gasteiger partial charge in [0.2, 0.25) is 10.0 Å². The van der Waals surface area contributed by atoms with E-state index in [0.717, 1.165) is 5.56 Å². The van der Waals surface area contributed by atoms with Gasteiger partial charge in [-0.05, 0) is 30.2 Å². The lowest BCUT2D eigenvalue weighted by Crippen LogP contribution is -2.26. The van der Waals surface area contributed by atoms with Crippen molar-refractivity contribution in [1.29, 1.82) is 0 Å². The van der Waals surface area contributed by atoms with Gasteiger partial charge in [-0.25, -0.2) is 23.1 Å². The highest BCUT2D eigenvalue weighted by atomic mass is 35.5. The summed E-state index contributed by atoms with van der Waals surface area (Å²) in [5.41, 5.74) is 0.840. The average molecular weight is 332 g/mol. The maximum atomic E-state index is 12.1. The van der Waals surface area contributed by atoms with Gasteiger partial charge in [-0.3, -0.25) is 0 Å². The number of benzene rings is 1. The van der Waals surface area contributed by atoms with Crippen LogP contribution in [0.5, 0.6) is 0 Å². The SMILES string of the molecule is O=S(=O)(NCCc1cncnc1)c1cc(Cl)ccc1Cl. The zero-order valence-electron chi connectivity index (χ0n) is 10.3. The van der Waals surface area contributed by atoms with E-state index < -0.39 is 10.0 Å². The molecule has 1 N–H and O–H groups in total. The Balaban J connectivity index is 2.06. The molecule has 0 amide bonds. The van der Waals surface area contributed by atoms with Crippen molar-refractivity contribution in [3.05, 3.63) is 52.5 Å². The summed E-state index contributed by atoms with van der Waals surface area (Å²) in [5, 5.41) is 0.441. The predicted molar refractivity (Wildman–Crippen MR) is 77.4 cm³/mol. The molecule has 0 aliphatic carbocycles. The highest BCUT2D eigenvalue weighted by Gasteiger charge is 2.17. The molecule has 0 aliphatic heterocycles. The second kappa shape index (κ2) is 6.49. The lowest BCUT2D eigenvalue weighted by Gasteiger charge is -2.08. The van der Waals surface area contributed by atoms with E-state index >= 15 is 0 Å². The maximum absolute atomic E-state index is 12.1. The summed E-state index contributed by atoms with van der Waals surface area (Å²) < 4.78 is 26.7. The molecule has 0 bridgehead atoms. The summed E-state index contributed by atoms with van der Waals surface area (Å²) >= 11 is 11.7. The molecule has 0 unspecified atom stereocenters. The molecule has 2 rings (SSSR count). The molecule has 20 heavy (non-hydrogen) atoms. The molecule has 0 aliphatic rings. The van der Waals surface area contributed by atoms with E-state index in [4.69, 9.17) is 23.2 Å². The van der Waals surface area contributed by atoms with E-state index in [0.29, 0.717) is 11.4 Å². The average Bonchev–Trinajstić information content (AvgIpc) is 2.42. The van der Waals surface area contributed by atoms with Gasteiger partial charge < -0.3 is 0 Å². The van der Waals surface area contributed by atoms with E-state index in [1.54, 1.807) is 12.4 Å². The largest absolute Gasteiger partial charge is 0.245 e. The molecule has 0 radical (unpaired) electrons. The Morgan fingerprint density at radius 3 is 2.55 bits per heavy atom. The highest BCUT2D eigenvalue weighted by Crippen LogP contribution is 2.24. The molecule has 1 heterocycles. The zero-order chi connectivity index (χ0) is 14.6. The molecule has 1 aromatic heterocycles. The van der Waals surface area contributed by atoms with Crippen molar-refractivity contribution in [2.24, 2.45) is 0 Å². The van der Waals surface area contributed by atoms with Gasteiger partial charge in [0.1, 0.15) is 11.2 Å². The zero-order valence-corrected chi connectivity index (χ0v) is 12.6. The standard InChI is InChI=1S/C12H11Cl2N3O2S/c13-10-1-2-11(14)12(5-10)20(18,19)17-4-3-9-6-15-8-16-7-9/h1-2,5-8,17H,3-4H2. The Labute approximate surface area is 127 Å². The topological polar surface area (TPSA) is 72.0 Å². The number of nitrogens with one attached hydrogen (secondary N) is 1. The quantitative estimate of drug-likeness (QED) is 0.912. The van der Waals surface area contributed by atoms with Crippen LogP contribution < -0.4 is 4.72 Å². The van der Waals surface area contributed by atoms with Gasteiger partial charge in [0.05, 0.1) is 5.02 Å². The Hall–Kier alpha value is -1.21. The van der Waals surface area contributed by atoms with Crippen LogP contribution in [0.2, 0.25) is 10.0 Å². The number of nitrogens with zero attached hydrogens (tertiary/aromatic N) is 2. The minimum absolute atomic E-state index is 0.0315. The Kier molecular flexibility index (Phi) is 4.93. The van der Waals surface area contributed by atoms with E-state index in [1.165, 1.54) is 24.5 Å². The monoisotopic (exact) mass is 331 g/mol. The molecular weight excluding hydrogens is 321 g/mol. The molecule has 0 saturated heterocycles. The van der Waals surface area contributed by atoms with E-state index in [2.05, 4.69) is 14.7 Å². The first-order valence-electron chi connectivity index (χ1n) is 5.67. The molecule has 8 heteroatoms. The van der Waals surface area contributed by atoms with Crippen LogP contribution in [0.4, 0.5) is 0 Å². The van der Waals surface area contributed by atoms with E-state index in [1.807, 2.05) is 0 Å². The van der Waals surface area contributed by atoms with Gasteiger partial charge in [-0.2, -0.15) is 0 Å². The van der Waals surface area contributed by atoms with Crippen molar-refractivity contribution < 1.29 is 8.42 Å². The first kappa shape index (κ1) is 15.2. The molecule has 1 aromatic carbocycles. The first-order chi connectivity index (χ1) is 9.49. The van der Waals surface area contributed by atoms with Crippen LogP contribution in [0.15, 0.2) is 41.8 Å². The molecule has 5 nitrogen and oxygen atoms in total. The lowest BCUT2D eigenvalue weighted by molar-refractivity contribution is 0.581. The normalized spacial score (nSPS) is 11.5. The second-order valence-electron chi connectivity index (χ2n) is 3.97. The van der Waals surface area contributed by atoms with Gasteiger partial charge in [0.15, 0.2) is 0 Å². The maximum Gasteiger partial charge on any atom is 0.242 e.